The number of morpholine rings is 1. The van der Waals surface area contributed by atoms with Crippen molar-refractivity contribution in [2.24, 2.45) is 5.41 Å². The summed E-state index contributed by atoms with van der Waals surface area (Å²) in [7, 11) is 0. The molecule has 1 aliphatic heterocycles. The van der Waals surface area contributed by atoms with Crippen LogP contribution in [0.15, 0.2) is 0 Å². The van der Waals surface area contributed by atoms with Crippen molar-refractivity contribution in [1.82, 2.24) is 4.90 Å². The van der Waals surface area contributed by atoms with Crippen molar-refractivity contribution in [2.75, 3.05) is 26.3 Å². The maximum atomic E-state index is 12.8. The van der Waals surface area contributed by atoms with E-state index < -0.39 is 12.1 Å². The summed E-state index contributed by atoms with van der Waals surface area (Å²) in [6.07, 6.45) is 2.38. The minimum atomic E-state index is -1.00. The third-order valence-electron chi connectivity index (χ3n) is 4.52. The van der Waals surface area contributed by atoms with E-state index >= 15 is 0 Å². The first-order valence-corrected chi connectivity index (χ1v) is 7.74. The van der Waals surface area contributed by atoms with Crippen LogP contribution in [-0.2, 0) is 19.1 Å². The van der Waals surface area contributed by atoms with Crippen LogP contribution < -0.4 is 0 Å². The highest BCUT2D eigenvalue weighted by Gasteiger charge is 2.47. The third kappa shape index (κ3) is 3.55. The maximum absolute atomic E-state index is 12.8. The van der Waals surface area contributed by atoms with Crippen LogP contribution in [0.3, 0.4) is 0 Å². The molecular formula is C15H25NO5. The van der Waals surface area contributed by atoms with Gasteiger partial charge in [0.1, 0.15) is 0 Å². The molecule has 0 radical (unpaired) electrons. The molecule has 2 rings (SSSR count). The summed E-state index contributed by atoms with van der Waals surface area (Å²) in [5, 5.41) is 9.12. The molecule has 0 aromatic heterocycles. The number of carboxylic acid groups (broad SMARTS) is 1. The predicted molar refractivity (Wildman–Crippen MR) is 75.9 cm³/mol. The molecule has 1 N–H and O–H groups in total. The van der Waals surface area contributed by atoms with Gasteiger partial charge in [0.2, 0.25) is 5.91 Å². The molecule has 0 bridgehead atoms. The Hall–Kier alpha value is -1.14. The second kappa shape index (κ2) is 6.75. The molecule has 1 saturated carbocycles. The lowest BCUT2D eigenvalue weighted by molar-refractivity contribution is -0.173. The summed E-state index contributed by atoms with van der Waals surface area (Å²) in [6, 6.07) is 0. The number of carboxylic acids is 1. The van der Waals surface area contributed by atoms with E-state index in [2.05, 4.69) is 0 Å². The smallest absolute Gasteiger partial charge is 0.334 e. The molecule has 6 nitrogen and oxygen atoms in total. The van der Waals surface area contributed by atoms with E-state index in [-0.39, 0.29) is 24.0 Å². The van der Waals surface area contributed by atoms with Crippen LogP contribution in [-0.4, -0.2) is 60.4 Å². The number of nitrogens with zero attached hydrogens (tertiary/aromatic N) is 1. The van der Waals surface area contributed by atoms with Crippen LogP contribution in [0.4, 0.5) is 0 Å². The zero-order valence-corrected chi connectivity index (χ0v) is 12.8. The van der Waals surface area contributed by atoms with Crippen molar-refractivity contribution in [3.05, 3.63) is 0 Å². The molecular weight excluding hydrogens is 274 g/mol. The van der Waals surface area contributed by atoms with Crippen molar-refractivity contribution < 1.29 is 24.2 Å². The highest BCUT2D eigenvalue weighted by molar-refractivity contribution is 5.84. The van der Waals surface area contributed by atoms with Gasteiger partial charge >= 0.3 is 5.97 Å². The van der Waals surface area contributed by atoms with Gasteiger partial charge in [-0.05, 0) is 33.1 Å². The van der Waals surface area contributed by atoms with E-state index in [9.17, 15) is 9.59 Å². The summed E-state index contributed by atoms with van der Waals surface area (Å²) in [4.78, 5) is 25.6. The highest BCUT2D eigenvalue weighted by atomic mass is 16.5. The SMILES string of the molecule is CCOCCC1(C(=O)N2CC(C(=O)O)O[C@H](C)C2)CCC1. The average molecular weight is 299 g/mol. The molecule has 2 aliphatic rings. The molecule has 1 aliphatic carbocycles. The van der Waals surface area contributed by atoms with Gasteiger partial charge in [-0.1, -0.05) is 6.42 Å². The maximum Gasteiger partial charge on any atom is 0.334 e. The molecule has 1 heterocycles. The van der Waals surface area contributed by atoms with Gasteiger partial charge in [0.15, 0.2) is 6.10 Å². The number of amides is 1. The Bertz CT molecular complexity index is 394. The van der Waals surface area contributed by atoms with Gasteiger partial charge in [0, 0.05) is 19.8 Å². The monoisotopic (exact) mass is 299 g/mol. The van der Waals surface area contributed by atoms with E-state index in [1.807, 2.05) is 13.8 Å². The highest BCUT2D eigenvalue weighted by Crippen LogP contribution is 2.45. The van der Waals surface area contributed by atoms with Gasteiger partial charge in [-0.25, -0.2) is 4.79 Å². The second-order valence-electron chi connectivity index (χ2n) is 6.06. The van der Waals surface area contributed by atoms with Gasteiger partial charge in [0.25, 0.3) is 0 Å². The van der Waals surface area contributed by atoms with Gasteiger partial charge in [-0.2, -0.15) is 0 Å². The minimum absolute atomic E-state index is 0.0786. The first-order chi connectivity index (χ1) is 9.98. The largest absolute Gasteiger partial charge is 0.479 e. The number of rotatable bonds is 6. The van der Waals surface area contributed by atoms with Crippen molar-refractivity contribution in [2.45, 2.75) is 51.7 Å². The first kappa shape index (κ1) is 16.2. The molecule has 0 aromatic rings. The molecule has 0 aromatic carbocycles. The Balaban J connectivity index is 2.01. The van der Waals surface area contributed by atoms with Gasteiger partial charge in [-0.15, -0.1) is 0 Å². The quantitative estimate of drug-likeness (QED) is 0.748. The average Bonchev–Trinajstić information content (AvgIpc) is 2.40. The van der Waals surface area contributed by atoms with Crippen molar-refractivity contribution in [3.8, 4) is 0 Å². The van der Waals surface area contributed by atoms with Crippen LogP contribution in [0, 0.1) is 5.41 Å². The van der Waals surface area contributed by atoms with Crippen LogP contribution in [0.5, 0.6) is 0 Å². The number of ether oxygens (including phenoxy) is 2. The van der Waals surface area contributed by atoms with Crippen molar-refractivity contribution in [1.29, 1.82) is 0 Å². The molecule has 0 spiro atoms. The summed E-state index contributed by atoms with van der Waals surface area (Å²) in [5.41, 5.74) is -0.338. The predicted octanol–water partition coefficient (Wildman–Crippen LogP) is 1.28. The Kier molecular flexibility index (Phi) is 5.22. The van der Waals surface area contributed by atoms with Crippen molar-refractivity contribution >= 4 is 11.9 Å². The lowest BCUT2D eigenvalue weighted by Crippen LogP contribution is -2.57. The third-order valence-corrected chi connectivity index (χ3v) is 4.52. The number of carbonyl (C=O) groups is 2. The Labute approximate surface area is 125 Å². The number of hydrogen-bond donors (Lipinski definition) is 1. The Morgan fingerprint density at radius 3 is 2.62 bits per heavy atom. The van der Waals surface area contributed by atoms with Crippen LogP contribution in [0.2, 0.25) is 0 Å². The van der Waals surface area contributed by atoms with E-state index in [1.54, 1.807) is 4.90 Å². The number of aliphatic carboxylic acids is 1. The van der Waals surface area contributed by atoms with Gasteiger partial charge in [0.05, 0.1) is 18.1 Å². The molecule has 21 heavy (non-hydrogen) atoms. The lowest BCUT2D eigenvalue weighted by Gasteiger charge is -2.46. The van der Waals surface area contributed by atoms with Crippen molar-refractivity contribution in [3.63, 3.8) is 0 Å². The van der Waals surface area contributed by atoms with Gasteiger partial charge in [-0.3, -0.25) is 4.79 Å². The summed E-state index contributed by atoms with van der Waals surface area (Å²) in [6.45, 7) is 5.61. The Morgan fingerprint density at radius 2 is 2.10 bits per heavy atom. The summed E-state index contributed by atoms with van der Waals surface area (Å²) < 4.78 is 10.8. The fourth-order valence-electron chi connectivity index (χ4n) is 3.18. The second-order valence-corrected chi connectivity index (χ2v) is 6.06. The molecule has 120 valence electrons. The zero-order valence-electron chi connectivity index (χ0n) is 12.8. The first-order valence-electron chi connectivity index (χ1n) is 7.74. The molecule has 2 fully saturated rings. The molecule has 1 unspecified atom stereocenters. The summed E-state index contributed by atoms with van der Waals surface area (Å²) in [5.74, 6) is -0.925. The molecule has 2 atom stereocenters. The number of carbonyl (C=O) groups excluding carboxylic acids is 1. The van der Waals surface area contributed by atoms with Crippen LogP contribution in [0.1, 0.15) is 39.5 Å². The van der Waals surface area contributed by atoms with Crippen LogP contribution >= 0.6 is 0 Å². The fraction of sp³-hybridized carbons (Fsp3) is 0.867. The molecule has 1 amide bonds. The van der Waals surface area contributed by atoms with E-state index in [4.69, 9.17) is 14.6 Å². The van der Waals surface area contributed by atoms with Crippen LogP contribution in [0.25, 0.3) is 0 Å². The van der Waals surface area contributed by atoms with E-state index in [0.29, 0.717) is 19.8 Å². The number of hydrogen-bond acceptors (Lipinski definition) is 4. The summed E-state index contributed by atoms with van der Waals surface area (Å²) >= 11 is 0. The van der Waals surface area contributed by atoms with E-state index in [0.717, 1.165) is 25.7 Å². The zero-order chi connectivity index (χ0) is 15.5. The molecule has 6 heteroatoms. The standard InChI is InChI=1S/C15H25NO5/c1-3-20-8-7-15(5-4-6-15)14(19)16-9-11(2)21-12(10-16)13(17)18/h11-12H,3-10H2,1-2H3,(H,17,18)/t11-,12?/m1/s1. The van der Waals surface area contributed by atoms with E-state index in [1.165, 1.54) is 0 Å². The topological polar surface area (TPSA) is 76.1 Å². The normalized spacial score (nSPS) is 28.0. The lowest BCUT2D eigenvalue weighted by atomic mass is 9.65. The minimum Gasteiger partial charge on any atom is -0.479 e. The Morgan fingerprint density at radius 1 is 1.38 bits per heavy atom. The molecule has 1 saturated heterocycles. The fourth-order valence-corrected chi connectivity index (χ4v) is 3.18. The van der Waals surface area contributed by atoms with Gasteiger partial charge < -0.3 is 19.5 Å².